The zero-order valence-corrected chi connectivity index (χ0v) is 44.6. The summed E-state index contributed by atoms with van der Waals surface area (Å²) < 4.78 is 0. The first kappa shape index (κ1) is 44.9. The maximum atomic E-state index is 2.68. The van der Waals surface area contributed by atoms with Crippen LogP contribution in [0.5, 0.6) is 0 Å². The van der Waals surface area contributed by atoms with Crippen molar-refractivity contribution in [3.05, 3.63) is 318 Å². The van der Waals surface area contributed by atoms with E-state index in [4.69, 9.17) is 0 Å². The van der Waals surface area contributed by atoms with Gasteiger partial charge in [-0.25, -0.2) is 0 Å². The maximum Gasteiger partial charge on any atom is 0.182 e. The summed E-state index contributed by atoms with van der Waals surface area (Å²) in [5.74, 6) is 0. The third-order valence-electron chi connectivity index (χ3n) is 18.1. The van der Waals surface area contributed by atoms with Crippen LogP contribution in [-0.4, -0.2) is 8.07 Å². The lowest BCUT2D eigenvalue weighted by Crippen LogP contribution is -2.70. The first-order valence-corrected chi connectivity index (χ1v) is 29.5. The van der Waals surface area contributed by atoms with Crippen LogP contribution in [0.2, 0.25) is 0 Å². The zero-order chi connectivity index (χ0) is 51.7. The number of benzene rings is 12. The number of fused-ring (bicyclic) bond motifs is 16. The van der Waals surface area contributed by atoms with Crippen LogP contribution >= 0.6 is 0 Å². The van der Waals surface area contributed by atoms with Crippen LogP contribution in [0, 0.1) is 0 Å². The second kappa shape index (κ2) is 16.8. The van der Waals surface area contributed by atoms with E-state index < -0.39 is 13.5 Å². The van der Waals surface area contributed by atoms with E-state index in [0.717, 1.165) is 17.1 Å². The molecular weight excluding hydrogens is 955 g/mol. The average Bonchev–Trinajstić information content (AvgIpc) is 3.36. The Morgan fingerprint density at radius 2 is 0.769 bits per heavy atom. The van der Waals surface area contributed by atoms with Crippen molar-refractivity contribution < 1.29 is 0 Å². The fraction of sp³-hybridized carbons (Fsp3) is 0.0526. The molecule has 78 heavy (non-hydrogen) atoms. The van der Waals surface area contributed by atoms with E-state index in [1.54, 1.807) is 0 Å². The van der Waals surface area contributed by atoms with Crippen LogP contribution in [0.15, 0.2) is 285 Å². The van der Waals surface area contributed by atoms with Gasteiger partial charge in [0.05, 0.1) is 5.41 Å². The van der Waals surface area contributed by atoms with E-state index in [9.17, 15) is 0 Å². The predicted molar refractivity (Wildman–Crippen MR) is 328 cm³/mol. The average molecular weight is 1010 g/mol. The quantitative estimate of drug-likeness (QED) is 0.144. The minimum atomic E-state index is -2.90. The van der Waals surface area contributed by atoms with Gasteiger partial charge in [0.15, 0.2) is 8.07 Å². The van der Waals surface area contributed by atoms with Crippen molar-refractivity contribution in [3.63, 3.8) is 0 Å². The Hall–Kier alpha value is -9.34. The lowest BCUT2D eigenvalue weighted by molar-refractivity contribution is 0.661. The van der Waals surface area contributed by atoms with Crippen molar-refractivity contribution in [1.29, 1.82) is 0 Å². The highest BCUT2D eigenvalue weighted by atomic mass is 28.3. The SMILES string of the molecule is CC1(C)c2cc3c(cc2-c2c(-c4ccccc4)cc(-c4ccccc4)cc21)[Si]1(c2ccccc2-c2cc(N(c4ccccc4)c4cccc(C5(c6ccccc6)c6ccccc6-c6ccccc65)c4)ccc21)c1ccccc1-3. The maximum absolute atomic E-state index is 2.90. The van der Waals surface area contributed by atoms with E-state index in [0.29, 0.717) is 0 Å². The predicted octanol–water partition coefficient (Wildman–Crippen LogP) is 16.5. The summed E-state index contributed by atoms with van der Waals surface area (Å²) in [5, 5.41) is 5.91. The van der Waals surface area contributed by atoms with E-state index in [1.165, 1.54) is 121 Å². The lowest BCUT2D eigenvalue weighted by atomic mass is 9.67. The molecule has 0 amide bonds. The molecule has 16 rings (SSSR count). The highest BCUT2D eigenvalue weighted by Crippen LogP contribution is 2.58. The largest absolute Gasteiger partial charge is 0.310 e. The van der Waals surface area contributed by atoms with Crippen LogP contribution in [0.25, 0.3) is 66.8 Å². The summed E-state index contributed by atoms with van der Waals surface area (Å²) in [4.78, 5) is 2.49. The summed E-state index contributed by atoms with van der Waals surface area (Å²) in [5.41, 5.74) is 26.3. The number of hydrogen-bond acceptors (Lipinski definition) is 1. The molecule has 0 bridgehead atoms. The Labute approximate surface area is 458 Å². The molecule has 1 nitrogen and oxygen atoms in total. The first-order chi connectivity index (χ1) is 38.5. The van der Waals surface area contributed by atoms with Gasteiger partial charge in [0, 0.05) is 22.5 Å². The second-order valence-electron chi connectivity index (χ2n) is 22.2. The molecule has 1 atom stereocenters. The van der Waals surface area contributed by atoms with Gasteiger partial charge in [0.2, 0.25) is 0 Å². The molecule has 2 heteroatoms. The summed E-state index contributed by atoms with van der Waals surface area (Å²) in [6.07, 6.45) is 0. The molecule has 2 aliphatic heterocycles. The summed E-state index contributed by atoms with van der Waals surface area (Å²) in [6.45, 7) is 4.90. The van der Waals surface area contributed by atoms with Gasteiger partial charge >= 0.3 is 0 Å². The lowest BCUT2D eigenvalue weighted by Gasteiger charge is -2.35. The number of para-hydroxylation sites is 1. The van der Waals surface area contributed by atoms with Crippen molar-refractivity contribution in [2.75, 3.05) is 4.90 Å². The molecule has 2 aliphatic carbocycles. The van der Waals surface area contributed by atoms with E-state index >= 15 is 0 Å². The molecule has 0 saturated carbocycles. The number of hydrogen-bond donors (Lipinski definition) is 0. The van der Waals surface area contributed by atoms with Crippen molar-refractivity contribution in [3.8, 4) is 66.8 Å². The summed E-state index contributed by atoms with van der Waals surface area (Å²) in [7, 11) is -2.90. The van der Waals surface area contributed by atoms with Crippen molar-refractivity contribution in [1.82, 2.24) is 0 Å². The Bertz CT molecular complexity index is 4360. The molecule has 0 N–H and O–H groups in total. The third kappa shape index (κ3) is 6.07. The van der Waals surface area contributed by atoms with Gasteiger partial charge in [-0.05, 0) is 175 Å². The molecule has 0 aromatic heterocycles. The van der Waals surface area contributed by atoms with Gasteiger partial charge in [-0.2, -0.15) is 0 Å². The number of nitrogens with zero attached hydrogens (tertiary/aromatic N) is 1. The van der Waals surface area contributed by atoms with Crippen LogP contribution in [0.4, 0.5) is 17.1 Å². The minimum absolute atomic E-state index is 0.232. The van der Waals surface area contributed by atoms with Crippen molar-refractivity contribution in [2.24, 2.45) is 0 Å². The number of rotatable bonds is 7. The van der Waals surface area contributed by atoms with Gasteiger partial charge in [-0.3, -0.25) is 0 Å². The standard InChI is InChI=1S/C76H53NSi/c1-75(2)68-48-64-61-37-18-22-41-71(61)78(73(64)49-65(68)74-62(51-26-9-4-10-27-51)44-52(45-69(74)75)50-24-7-3-8-25-50)70-40-21-17-36-60(70)63-47-57(42-43-72(63)78)77(55-31-13-6-14-32-55)56-33-23-30-54(46-56)76(53-28-11-5-12-29-53)66-38-19-15-34-58(66)59-35-16-20-39-67(59)76/h3-49H,1-2H3. The van der Waals surface area contributed by atoms with Crippen LogP contribution in [0.3, 0.4) is 0 Å². The molecule has 12 aromatic rings. The van der Waals surface area contributed by atoms with Gasteiger partial charge in [-0.1, -0.05) is 244 Å². The van der Waals surface area contributed by atoms with E-state index in [-0.39, 0.29) is 5.41 Å². The summed E-state index contributed by atoms with van der Waals surface area (Å²) in [6, 6.07) is 108. The first-order valence-electron chi connectivity index (χ1n) is 27.5. The topological polar surface area (TPSA) is 3.24 Å². The molecule has 0 radical (unpaired) electrons. The normalized spacial score (nSPS) is 15.8. The van der Waals surface area contributed by atoms with E-state index in [1.807, 2.05) is 0 Å². The molecule has 0 saturated heterocycles. The van der Waals surface area contributed by atoms with Crippen molar-refractivity contribution in [2.45, 2.75) is 24.7 Å². The fourth-order valence-electron chi connectivity index (χ4n) is 14.9. The van der Waals surface area contributed by atoms with Gasteiger partial charge in [-0.15, -0.1) is 0 Å². The molecule has 2 heterocycles. The van der Waals surface area contributed by atoms with Crippen molar-refractivity contribution >= 4 is 45.9 Å². The molecule has 12 aromatic carbocycles. The molecule has 4 aliphatic rings. The monoisotopic (exact) mass is 1010 g/mol. The zero-order valence-electron chi connectivity index (χ0n) is 43.6. The third-order valence-corrected chi connectivity index (χ3v) is 23.1. The highest BCUT2D eigenvalue weighted by Gasteiger charge is 2.55. The molecule has 1 spiro atoms. The fourth-order valence-corrected chi connectivity index (χ4v) is 20.5. The van der Waals surface area contributed by atoms with Gasteiger partial charge < -0.3 is 4.90 Å². The Morgan fingerprint density at radius 1 is 0.269 bits per heavy atom. The second-order valence-corrected chi connectivity index (χ2v) is 25.9. The Morgan fingerprint density at radius 3 is 1.42 bits per heavy atom. The van der Waals surface area contributed by atoms with Crippen LogP contribution < -0.4 is 25.6 Å². The van der Waals surface area contributed by atoms with Gasteiger partial charge in [0.25, 0.3) is 0 Å². The molecular formula is C76H53NSi. The number of anilines is 3. The van der Waals surface area contributed by atoms with Gasteiger partial charge in [0.1, 0.15) is 0 Å². The smallest absolute Gasteiger partial charge is 0.182 e. The molecule has 0 fully saturated rings. The minimum Gasteiger partial charge on any atom is -0.310 e. The Balaban J connectivity index is 0.912. The molecule has 1 unspecified atom stereocenters. The van der Waals surface area contributed by atoms with E-state index in [2.05, 4.69) is 304 Å². The molecule has 366 valence electrons. The Kier molecular flexibility index (Phi) is 9.69. The van der Waals surface area contributed by atoms with Crippen LogP contribution in [0.1, 0.15) is 47.2 Å². The van der Waals surface area contributed by atoms with Crippen LogP contribution in [-0.2, 0) is 10.8 Å². The highest BCUT2D eigenvalue weighted by molar-refractivity contribution is 7.24. The summed E-state index contributed by atoms with van der Waals surface area (Å²) >= 11 is 0.